The molecule has 0 aromatic rings. The summed E-state index contributed by atoms with van der Waals surface area (Å²) in [5.41, 5.74) is 0. The van der Waals surface area contributed by atoms with Crippen LogP contribution in [-0.2, 0) is 4.79 Å². The number of carbonyl (C=O) groups excluding carboxylic acids is 1. The fourth-order valence-electron chi connectivity index (χ4n) is 1.69. The van der Waals surface area contributed by atoms with Crippen LogP contribution < -0.4 is 0 Å². The summed E-state index contributed by atoms with van der Waals surface area (Å²) in [6, 6.07) is 0. The van der Waals surface area contributed by atoms with Gasteiger partial charge in [0.05, 0.1) is 0 Å². The summed E-state index contributed by atoms with van der Waals surface area (Å²) in [6.45, 7) is 0. The summed E-state index contributed by atoms with van der Waals surface area (Å²) in [6.07, 6.45) is 11.2. The van der Waals surface area contributed by atoms with Crippen LogP contribution in [0.2, 0.25) is 0 Å². The van der Waals surface area contributed by atoms with Crippen LogP contribution in [0, 0.1) is 0 Å². The van der Waals surface area contributed by atoms with Crippen molar-refractivity contribution in [2.75, 3.05) is 5.75 Å². The molecule has 0 unspecified atom stereocenters. The van der Waals surface area contributed by atoms with Crippen molar-refractivity contribution >= 4 is 16.9 Å². The van der Waals surface area contributed by atoms with E-state index in [0.29, 0.717) is 5.12 Å². The zero-order valence-electron chi connectivity index (χ0n) is 8.39. The lowest BCUT2D eigenvalue weighted by Crippen LogP contribution is -1.95. The third-order valence-corrected chi connectivity index (χ3v) is 3.56. The summed E-state index contributed by atoms with van der Waals surface area (Å²) in [5.74, 6) is 1.05. The second-order valence-electron chi connectivity index (χ2n) is 3.80. The van der Waals surface area contributed by atoms with Gasteiger partial charge in [0.25, 0.3) is 0 Å². The molecular weight excluding hydrogens is 180 g/mol. The summed E-state index contributed by atoms with van der Waals surface area (Å²) in [4.78, 5) is 11.3. The molecule has 0 N–H and O–H groups in total. The second kappa shape index (κ2) is 7.43. The van der Waals surface area contributed by atoms with Crippen molar-refractivity contribution in [3.63, 3.8) is 0 Å². The van der Waals surface area contributed by atoms with Gasteiger partial charge in [0.2, 0.25) is 0 Å². The highest BCUT2D eigenvalue weighted by molar-refractivity contribution is 8.13. The summed E-state index contributed by atoms with van der Waals surface area (Å²) >= 11 is 1.55. The van der Waals surface area contributed by atoms with E-state index >= 15 is 0 Å². The lowest BCUT2D eigenvalue weighted by molar-refractivity contribution is -0.111. The summed E-state index contributed by atoms with van der Waals surface area (Å²) in [7, 11) is 0. The minimum absolute atomic E-state index is 0.417. The summed E-state index contributed by atoms with van der Waals surface area (Å²) < 4.78 is 0. The van der Waals surface area contributed by atoms with Gasteiger partial charge in [-0.3, -0.25) is 4.79 Å². The molecule has 1 rings (SSSR count). The molecule has 1 aliphatic heterocycles. The molecule has 0 bridgehead atoms. The molecule has 0 radical (unpaired) electrons. The van der Waals surface area contributed by atoms with E-state index in [0.717, 1.165) is 18.6 Å². The maximum atomic E-state index is 11.3. The van der Waals surface area contributed by atoms with Crippen molar-refractivity contribution in [2.45, 2.75) is 57.8 Å². The van der Waals surface area contributed by atoms with Crippen LogP contribution in [0.25, 0.3) is 0 Å². The maximum absolute atomic E-state index is 11.3. The molecule has 0 spiro atoms. The van der Waals surface area contributed by atoms with Crippen LogP contribution in [-0.4, -0.2) is 10.9 Å². The highest BCUT2D eigenvalue weighted by Gasteiger charge is 2.03. The highest BCUT2D eigenvalue weighted by atomic mass is 32.2. The monoisotopic (exact) mass is 200 g/mol. The molecule has 1 aliphatic rings. The molecule has 2 heteroatoms. The molecule has 0 aliphatic carbocycles. The van der Waals surface area contributed by atoms with Crippen molar-refractivity contribution in [3.05, 3.63) is 0 Å². The van der Waals surface area contributed by atoms with Gasteiger partial charge in [0, 0.05) is 12.2 Å². The molecule has 0 atom stereocenters. The molecular formula is C11H20OS. The van der Waals surface area contributed by atoms with E-state index in [4.69, 9.17) is 0 Å². The second-order valence-corrected chi connectivity index (χ2v) is 4.95. The fraction of sp³-hybridized carbons (Fsp3) is 0.909. The standard InChI is InChI=1S/C11H20OS/c12-11-9-7-5-3-1-2-4-6-8-10-13-11/h1-10H2. The predicted molar refractivity (Wildman–Crippen MR) is 59.0 cm³/mol. The Kier molecular flexibility index (Phi) is 6.34. The largest absolute Gasteiger partial charge is 0.287 e. The quantitative estimate of drug-likeness (QED) is 0.592. The smallest absolute Gasteiger partial charge is 0.188 e. The average Bonchev–Trinajstić information content (AvgIpc) is 2.11. The highest BCUT2D eigenvalue weighted by Crippen LogP contribution is 2.16. The van der Waals surface area contributed by atoms with Crippen LogP contribution in [0.5, 0.6) is 0 Å². The van der Waals surface area contributed by atoms with Gasteiger partial charge in [-0.2, -0.15) is 0 Å². The number of thioether (sulfide) groups is 1. The van der Waals surface area contributed by atoms with Crippen molar-refractivity contribution < 1.29 is 4.79 Å². The average molecular weight is 200 g/mol. The molecule has 13 heavy (non-hydrogen) atoms. The van der Waals surface area contributed by atoms with Gasteiger partial charge in [-0.15, -0.1) is 0 Å². The number of carbonyl (C=O) groups is 1. The first kappa shape index (κ1) is 11.1. The van der Waals surface area contributed by atoms with E-state index in [-0.39, 0.29) is 0 Å². The molecule has 1 saturated heterocycles. The third-order valence-electron chi connectivity index (χ3n) is 2.54. The molecule has 1 nitrogen and oxygen atoms in total. The van der Waals surface area contributed by atoms with Gasteiger partial charge in [-0.25, -0.2) is 0 Å². The number of hydrogen-bond acceptors (Lipinski definition) is 2. The SMILES string of the molecule is O=C1CCCCCCCCCCS1. The number of rotatable bonds is 0. The van der Waals surface area contributed by atoms with Crippen LogP contribution in [0.1, 0.15) is 57.8 Å². The van der Waals surface area contributed by atoms with Gasteiger partial charge >= 0.3 is 0 Å². The molecule has 1 fully saturated rings. The van der Waals surface area contributed by atoms with Gasteiger partial charge in [0.15, 0.2) is 5.12 Å². The lowest BCUT2D eigenvalue weighted by atomic mass is 10.1. The molecule has 1 heterocycles. The molecule has 76 valence electrons. The Hall–Kier alpha value is 0.0200. The Labute approximate surface area is 85.7 Å². The molecule has 0 aromatic carbocycles. The topological polar surface area (TPSA) is 17.1 Å². The van der Waals surface area contributed by atoms with Crippen LogP contribution in [0.4, 0.5) is 0 Å². The van der Waals surface area contributed by atoms with Gasteiger partial charge in [-0.05, 0) is 12.8 Å². The molecule has 0 amide bonds. The van der Waals surface area contributed by atoms with Crippen molar-refractivity contribution in [3.8, 4) is 0 Å². The Morgan fingerprint density at radius 3 is 2.00 bits per heavy atom. The Bertz CT molecular complexity index is 131. The van der Waals surface area contributed by atoms with Gasteiger partial charge in [-0.1, -0.05) is 50.3 Å². The van der Waals surface area contributed by atoms with E-state index in [1.165, 1.54) is 44.9 Å². The molecule has 0 saturated carbocycles. The summed E-state index contributed by atoms with van der Waals surface area (Å²) in [5, 5.41) is 0.417. The van der Waals surface area contributed by atoms with Crippen LogP contribution in [0.3, 0.4) is 0 Å². The van der Waals surface area contributed by atoms with Crippen LogP contribution in [0.15, 0.2) is 0 Å². The minimum Gasteiger partial charge on any atom is -0.287 e. The van der Waals surface area contributed by atoms with Crippen molar-refractivity contribution in [1.29, 1.82) is 0 Å². The maximum Gasteiger partial charge on any atom is 0.188 e. The zero-order valence-corrected chi connectivity index (χ0v) is 9.20. The van der Waals surface area contributed by atoms with E-state index in [2.05, 4.69) is 0 Å². The third kappa shape index (κ3) is 6.14. The van der Waals surface area contributed by atoms with Crippen molar-refractivity contribution in [2.24, 2.45) is 0 Å². The number of hydrogen-bond donors (Lipinski definition) is 0. The van der Waals surface area contributed by atoms with Crippen LogP contribution >= 0.6 is 11.8 Å². The van der Waals surface area contributed by atoms with E-state index in [9.17, 15) is 4.79 Å². The van der Waals surface area contributed by atoms with Crippen molar-refractivity contribution in [1.82, 2.24) is 0 Å². The first-order chi connectivity index (χ1) is 6.39. The molecule has 0 aromatic heterocycles. The zero-order chi connectivity index (χ0) is 9.36. The normalized spacial score (nSPS) is 23.2. The lowest BCUT2D eigenvalue weighted by Gasteiger charge is -2.05. The van der Waals surface area contributed by atoms with E-state index in [1.807, 2.05) is 0 Å². The fourth-order valence-corrected chi connectivity index (χ4v) is 2.56. The van der Waals surface area contributed by atoms with Gasteiger partial charge < -0.3 is 0 Å². The Morgan fingerprint density at radius 1 is 0.769 bits per heavy atom. The Morgan fingerprint density at radius 2 is 1.31 bits per heavy atom. The first-order valence-corrected chi connectivity index (χ1v) is 6.54. The van der Waals surface area contributed by atoms with E-state index < -0.39 is 0 Å². The Balaban J connectivity index is 2.14. The predicted octanol–water partition coefficient (Wildman–Crippen LogP) is 3.77. The van der Waals surface area contributed by atoms with Gasteiger partial charge in [0.1, 0.15) is 0 Å². The first-order valence-electron chi connectivity index (χ1n) is 5.55. The minimum atomic E-state index is 0.417. The van der Waals surface area contributed by atoms with E-state index in [1.54, 1.807) is 11.8 Å².